The van der Waals surface area contributed by atoms with Crippen LogP contribution in [0.1, 0.15) is 22.1 Å². The number of nitrogens with one attached hydrogen (secondary N) is 1. The maximum atomic E-state index is 13.5. The van der Waals surface area contributed by atoms with Gasteiger partial charge >= 0.3 is 0 Å². The Morgan fingerprint density at radius 1 is 0.929 bits per heavy atom. The van der Waals surface area contributed by atoms with Crippen LogP contribution in [0.4, 0.5) is 15.8 Å². The van der Waals surface area contributed by atoms with Crippen molar-refractivity contribution in [1.29, 1.82) is 0 Å². The summed E-state index contributed by atoms with van der Waals surface area (Å²) in [6.45, 7) is 0. The van der Waals surface area contributed by atoms with Gasteiger partial charge in [0.15, 0.2) is 11.5 Å². The number of para-hydroxylation sites is 2. The van der Waals surface area contributed by atoms with Crippen molar-refractivity contribution >= 4 is 17.3 Å². The molecule has 1 amide bonds. The zero-order valence-electron chi connectivity index (χ0n) is 15.5. The molecule has 1 N–H and O–H groups in total. The van der Waals surface area contributed by atoms with Crippen LogP contribution < -0.4 is 19.7 Å². The van der Waals surface area contributed by atoms with Gasteiger partial charge in [-0.2, -0.15) is 0 Å². The number of carbonyl (C=O) groups excluding carboxylic acids is 1. The zero-order chi connectivity index (χ0) is 19.7. The van der Waals surface area contributed by atoms with Gasteiger partial charge in [-0.1, -0.05) is 24.3 Å². The van der Waals surface area contributed by atoms with Crippen LogP contribution >= 0.6 is 0 Å². The maximum Gasteiger partial charge on any atom is 0.262 e. The van der Waals surface area contributed by atoms with Crippen molar-refractivity contribution in [2.45, 2.75) is 6.17 Å². The smallest absolute Gasteiger partial charge is 0.262 e. The van der Waals surface area contributed by atoms with Crippen LogP contribution in [0.3, 0.4) is 0 Å². The van der Waals surface area contributed by atoms with Gasteiger partial charge in [-0.15, -0.1) is 0 Å². The molecule has 1 aliphatic rings. The molecule has 5 nitrogen and oxygen atoms in total. The van der Waals surface area contributed by atoms with Gasteiger partial charge in [0.05, 0.1) is 19.8 Å². The van der Waals surface area contributed by atoms with Gasteiger partial charge in [0.25, 0.3) is 5.91 Å². The summed E-state index contributed by atoms with van der Waals surface area (Å²) >= 11 is 0. The second-order valence-electron chi connectivity index (χ2n) is 6.33. The first-order valence-corrected chi connectivity index (χ1v) is 8.79. The lowest BCUT2D eigenvalue weighted by Crippen LogP contribution is -2.43. The first-order valence-electron chi connectivity index (χ1n) is 8.79. The summed E-state index contributed by atoms with van der Waals surface area (Å²) in [6.07, 6.45) is -0.557. The number of rotatable bonds is 4. The average molecular weight is 378 g/mol. The summed E-state index contributed by atoms with van der Waals surface area (Å²) in [5.41, 5.74) is 2.57. The van der Waals surface area contributed by atoms with E-state index in [1.165, 1.54) is 12.1 Å². The SMILES string of the molecule is COc1cccc([C@@H]2Nc3ccccc3C(=O)N2c2ccc(F)cc2)c1OC. The van der Waals surface area contributed by atoms with Crippen molar-refractivity contribution in [1.82, 2.24) is 0 Å². The lowest BCUT2D eigenvalue weighted by Gasteiger charge is -2.38. The topological polar surface area (TPSA) is 50.8 Å². The Hall–Kier alpha value is -3.54. The molecule has 3 aromatic rings. The highest BCUT2D eigenvalue weighted by Crippen LogP contribution is 2.42. The molecule has 0 unspecified atom stereocenters. The molecule has 0 radical (unpaired) electrons. The maximum absolute atomic E-state index is 13.5. The molecule has 0 bridgehead atoms. The zero-order valence-corrected chi connectivity index (χ0v) is 15.5. The Bertz CT molecular complexity index is 1020. The second-order valence-corrected chi connectivity index (χ2v) is 6.33. The third-order valence-electron chi connectivity index (χ3n) is 4.76. The number of halogens is 1. The minimum atomic E-state index is -0.557. The monoisotopic (exact) mass is 378 g/mol. The highest BCUT2D eigenvalue weighted by molar-refractivity contribution is 6.12. The van der Waals surface area contributed by atoms with E-state index >= 15 is 0 Å². The highest BCUT2D eigenvalue weighted by Gasteiger charge is 2.36. The molecule has 0 saturated heterocycles. The van der Waals surface area contributed by atoms with Gasteiger partial charge in [0.2, 0.25) is 0 Å². The summed E-state index contributed by atoms with van der Waals surface area (Å²) in [4.78, 5) is 15.0. The van der Waals surface area contributed by atoms with Crippen molar-refractivity contribution in [3.8, 4) is 11.5 Å². The molecule has 3 aromatic carbocycles. The van der Waals surface area contributed by atoms with Crippen LogP contribution in [-0.2, 0) is 0 Å². The molecule has 142 valence electrons. The van der Waals surface area contributed by atoms with E-state index in [1.54, 1.807) is 43.4 Å². The first-order chi connectivity index (χ1) is 13.6. The molecule has 6 heteroatoms. The van der Waals surface area contributed by atoms with Crippen LogP contribution in [0.25, 0.3) is 0 Å². The lowest BCUT2D eigenvalue weighted by atomic mass is 10.0. The fourth-order valence-electron chi connectivity index (χ4n) is 3.47. The highest BCUT2D eigenvalue weighted by atomic mass is 19.1. The van der Waals surface area contributed by atoms with E-state index in [2.05, 4.69) is 5.32 Å². The van der Waals surface area contributed by atoms with E-state index in [0.717, 1.165) is 11.3 Å². The predicted octanol–water partition coefficient (Wildman–Crippen LogP) is 4.61. The number of carbonyl (C=O) groups is 1. The van der Waals surface area contributed by atoms with Crippen molar-refractivity contribution < 1.29 is 18.7 Å². The third kappa shape index (κ3) is 2.93. The van der Waals surface area contributed by atoms with Gasteiger partial charge in [-0.25, -0.2) is 4.39 Å². The van der Waals surface area contributed by atoms with Crippen LogP contribution in [0.5, 0.6) is 11.5 Å². The Balaban J connectivity index is 1.91. The molecule has 0 fully saturated rings. The summed E-state index contributed by atoms with van der Waals surface area (Å²) < 4.78 is 24.5. The van der Waals surface area contributed by atoms with Gasteiger partial charge in [-0.3, -0.25) is 9.69 Å². The molecule has 0 saturated carbocycles. The summed E-state index contributed by atoms with van der Waals surface area (Å²) in [6, 6.07) is 18.7. The fraction of sp³-hybridized carbons (Fsp3) is 0.136. The molecule has 1 aliphatic heterocycles. The number of methoxy groups -OCH3 is 2. The summed E-state index contributed by atoms with van der Waals surface area (Å²) in [7, 11) is 3.12. The standard InChI is InChI=1S/C22H19FN2O3/c1-27-19-9-5-7-17(20(19)28-2)21-24-18-8-4-3-6-16(18)22(26)25(21)15-12-10-14(23)11-13-15/h3-13,21,24H,1-2H3/t21-/m1/s1. The molecule has 1 atom stereocenters. The molecule has 1 heterocycles. The van der Waals surface area contributed by atoms with Crippen LogP contribution in [-0.4, -0.2) is 20.1 Å². The molecular weight excluding hydrogens is 359 g/mol. The number of nitrogens with zero attached hydrogens (tertiary/aromatic N) is 1. The van der Waals surface area contributed by atoms with E-state index in [0.29, 0.717) is 22.7 Å². The molecular formula is C22H19FN2O3. The molecule has 28 heavy (non-hydrogen) atoms. The second kappa shape index (κ2) is 7.23. The number of hydrogen-bond donors (Lipinski definition) is 1. The number of ether oxygens (including phenoxy) is 2. The van der Waals surface area contributed by atoms with Gasteiger partial charge < -0.3 is 14.8 Å². The van der Waals surface area contributed by atoms with Crippen LogP contribution in [0.15, 0.2) is 66.7 Å². The number of amides is 1. The van der Waals surface area contributed by atoms with E-state index in [1.807, 2.05) is 30.3 Å². The predicted molar refractivity (Wildman–Crippen MR) is 106 cm³/mol. The number of hydrogen-bond acceptors (Lipinski definition) is 4. The van der Waals surface area contributed by atoms with Crippen LogP contribution in [0.2, 0.25) is 0 Å². The molecule has 4 rings (SSSR count). The van der Waals surface area contributed by atoms with Crippen molar-refractivity contribution in [3.63, 3.8) is 0 Å². The van der Waals surface area contributed by atoms with Gasteiger partial charge in [0, 0.05) is 16.9 Å². The first kappa shape index (κ1) is 17.9. The average Bonchev–Trinajstić information content (AvgIpc) is 2.74. The molecule has 0 aliphatic carbocycles. The van der Waals surface area contributed by atoms with Crippen LogP contribution in [0, 0.1) is 5.82 Å². The Labute approximate surface area is 162 Å². The number of fused-ring (bicyclic) bond motifs is 1. The Morgan fingerprint density at radius 2 is 1.68 bits per heavy atom. The fourth-order valence-corrected chi connectivity index (χ4v) is 3.47. The third-order valence-corrected chi connectivity index (χ3v) is 4.76. The van der Waals surface area contributed by atoms with E-state index < -0.39 is 6.17 Å². The van der Waals surface area contributed by atoms with Gasteiger partial charge in [0.1, 0.15) is 12.0 Å². The Morgan fingerprint density at radius 3 is 2.39 bits per heavy atom. The number of benzene rings is 3. The largest absolute Gasteiger partial charge is 0.493 e. The minimum Gasteiger partial charge on any atom is -0.493 e. The lowest BCUT2D eigenvalue weighted by molar-refractivity contribution is 0.0974. The normalized spacial score (nSPS) is 15.6. The van der Waals surface area contributed by atoms with E-state index in [9.17, 15) is 9.18 Å². The molecule has 0 spiro atoms. The Kier molecular flexibility index (Phi) is 4.61. The van der Waals surface area contributed by atoms with E-state index in [-0.39, 0.29) is 11.7 Å². The van der Waals surface area contributed by atoms with Gasteiger partial charge in [-0.05, 0) is 42.5 Å². The number of anilines is 2. The van der Waals surface area contributed by atoms with Crippen molar-refractivity contribution in [2.75, 3.05) is 24.4 Å². The van der Waals surface area contributed by atoms with Crippen molar-refractivity contribution in [2.24, 2.45) is 0 Å². The quantitative estimate of drug-likeness (QED) is 0.720. The molecule has 0 aromatic heterocycles. The minimum absolute atomic E-state index is 0.184. The summed E-state index contributed by atoms with van der Waals surface area (Å²) in [5.74, 6) is 0.543. The summed E-state index contributed by atoms with van der Waals surface area (Å²) in [5, 5.41) is 3.41. The van der Waals surface area contributed by atoms with Crippen molar-refractivity contribution in [3.05, 3.63) is 83.7 Å². The van der Waals surface area contributed by atoms with E-state index in [4.69, 9.17) is 9.47 Å².